The van der Waals surface area contributed by atoms with Gasteiger partial charge in [0.15, 0.2) is 0 Å². The molecule has 0 heterocycles. The van der Waals surface area contributed by atoms with Gasteiger partial charge in [0, 0.05) is 12.1 Å². The Kier molecular flexibility index (Phi) is 3.77. The van der Waals surface area contributed by atoms with Crippen molar-refractivity contribution in [2.75, 3.05) is 19.5 Å². The van der Waals surface area contributed by atoms with Gasteiger partial charge in [0.1, 0.15) is 11.5 Å². The molecule has 0 saturated heterocycles. The molecule has 17 heavy (non-hydrogen) atoms. The van der Waals surface area contributed by atoms with Gasteiger partial charge < -0.3 is 14.8 Å². The Bertz CT molecular complexity index is 374. The average molecular weight is 235 g/mol. The molecular formula is C14H21NO2. The van der Waals surface area contributed by atoms with Crippen LogP contribution in [0.3, 0.4) is 0 Å². The lowest BCUT2D eigenvalue weighted by Gasteiger charge is -2.20. The molecule has 94 valence electrons. The average Bonchev–Trinajstić information content (AvgIpc) is 3.20. The van der Waals surface area contributed by atoms with Gasteiger partial charge in [-0.15, -0.1) is 0 Å². The number of hydrogen-bond donors (Lipinski definition) is 1. The Morgan fingerprint density at radius 1 is 1.29 bits per heavy atom. The number of nitrogens with one attached hydrogen (secondary N) is 1. The van der Waals surface area contributed by atoms with E-state index in [1.54, 1.807) is 14.2 Å². The van der Waals surface area contributed by atoms with Gasteiger partial charge in [-0.1, -0.05) is 6.92 Å². The molecule has 3 heteroatoms. The quantitative estimate of drug-likeness (QED) is 0.820. The minimum Gasteiger partial charge on any atom is -0.497 e. The molecule has 0 spiro atoms. The van der Waals surface area contributed by atoms with Crippen LogP contribution in [0.2, 0.25) is 0 Å². The molecule has 1 aliphatic carbocycles. The van der Waals surface area contributed by atoms with Crippen LogP contribution < -0.4 is 14.8 Å². The summed E-state index contributed by atoms with van der Waals surface area (Å²) in [5.41, 5.74) is 1.06. The summed E-state index contributed by atoms with van der Waals surface area (Å²) >= 11 is 0. The van der Waals surface area contributed by atoms with E-state index in [1.807, 2.05) is 18.2 Å². The summed E-state index contributed by atoms with van der Waals surface area (Å²) in [6.45, 7) is 2.23. The molecular weight excluding hydrogens is 214 g/mol. The molecule has 1 aromatic rings. The molecule has 1 fully saturated rings. The highest BCUT2D eigenvalue weighted by Crippen LogP contribution is 2.37. The number of anilines is 1. The molecule has 1 aliphatic rings. The third-order valence-corrected chi connectivity index (χ3v) is 3.38. The molecule has 1 saturated carbocycles. The van der Waals surface area contributed by atoms with Gasteiger partial charge in [-0.3, -0.25) is 0 Å². The van der Waals surface area contributed by atoms with Crippen LogP contribution in [0.4, 0.5) is 5.69 Å². The maximum absolute atomic E-state index is 5.39. The normalized spacial score (nSPS) is 16.4. The molecule has 1 aromatic carbocycles. The molecule has 1 unspecified atom stereocenters. The first-order chi connectivity index (χ1) is 8.28. The highest BCUT2D eigenvalue weighted by molar-refractivity contribution is 5.59. The van der Waals surface area contributed by atoms with Crippen molar-refractivity contribution in [1.82, 2.24) is 0 Å². The standard InChI is InChI=1S/C14H21NO2/c1-4-12(10-5-6-10)15-13-8-7-11(16-2)9-14(13)17-3/h7-10,12,15H,4-6H2,1-3H3. The number of methoxy groups -OCH3 is 2. The number of rotatable bonds is 6. The topological polar surface area (TPSA) is 30.5 Å². The maximum Gasteiger partial charge on any atom is 0.145 e. The van der Waals surface area contributed by atoms with Gasteiger partial charge in [0.2, 0.25) is 0 Å². The summed E-state index contributed by atoms with van der Waals surface area (Å²) in [7, 11) is 3.36. The molecule has 0 amide bonds. The third kappa shape index (κ3) is 2.84. The summed E-state index contributed by atoms with van der Waals surface area (Å²) in [4.78, 5) is 0. The Balaban J connectivity index is 2.13. The van der Waals surface area contributed by atoms with Crippen LogP contribution in [0, 0.1) is 5.92 Å². The zero-order chi connectivity index (χ0) is 12.3. The highest BCUT2D eigenvalue weighted by Gasteiger charge is 2.30. The fraction of sp³-hybridized carbons (Fsp3) is 0.571. The minimum atomic E-state index is 0.567. The van der Waals surface area contributed by atoms with E-state index in [2.05, 4.69) is 12.2 Å². The van der Waals surface area contributed by atoms with Gasteiger partial charge in [-0.05, 0) is 37.3 Å². The van der Waals surface area contributed by atoms with E-state index in [1.165, 1.54) is 12.8 Å². The Labute approximate surface area is 103 Å². The Morgan fingerprint density at radius 3 is 2.59 bits per heavy atom. The van der Waals surface area contributed by atoms with Gasteiger partial charge >= 0.3 is 0 Å². The second kappa shape index (κ2) is 5.30. The van der Waals surface area contributed by atoms with Crippen molar-refractivity contribution in [3.8, 4) is 11.5 Å². The van der Waals surface area contributed by atoms with E-state index in [0.29, 0.717) is 6.04 Å². The molecule has 2 rings (SSSR count). The first-order valence-electron chi connectivity index (χ1n) is 6.27. The highest BCUT2D eigenvalue weighted by atomic mass is 16.5. The summed E-state index contributed by atoms with van der Waals surface area (Å²) in [6.07, 6.45) is 3.85. The zero-order valence-corrected chi connectivity index (χ0v) is 10.8. The van der Waals surface area contributed by atoms with Crippen molar-refractivity contribution in [3.05, 3.63) is 18.2 Å². The Morgan fingerprint density at radius 2 is 2.06 bits per heavy atom. The van der Waals surface area contributed by atoms with E-state index in [9.17, 15) is 0 Å². The van der Waals surface area contributed by atoms with Crippen molar-refractivity contribution in [1.29, 1.82) is 0 Å². The lowest BCUT2D eigenvalue weighted by molar-refractivity contribution is 0.395. The van der Waals surface area contributed by atoms with E-state index in [4.69, 9.17) is 9.47 Å². The predicted molar refractivity (Wildman–Crippen MR) is 70.0 cm³/mol. The van der Waals surface area contributed by atoms with Crippen LogP contribution in [0.1, 0.15) is 26.2 Å². The van der Waals surface area contributed by atoms with Gasteiger partial charge in [0.25, 0.3) is 0 Å². The second-order valence-corrected chi connectivity index (χ2v) is 4.56. The molecule has 1 atom stereocenters. The van der Waals surface area contributed by atoms with Crippen molar-refractivity contribution in [2.45, 2.75) is 32.2 Å². The SMILES string of the molecule is CCC(Nc1ccc(OC)cc1OC)C1CC1. The summed E-state index contributed by atoms with van der Waals surface area (Å²) < 4.78 is 10.6. The van der Waals surface area contributed by atoms with Crippen LogP contribution in [0.25, 0.3) is 0 Å². The van der Waals surface area contributed by atoms with Crippen LogP contribution in [-0.4, -0.2) is 20.3 Å². The molecule has 0 radical (unpaired) electrons. The van der Waals surface area contributed by atoms with Gasteiger partial charge in [0.05, 0.1) is 19.9 Å². The third-order valence-electron chi connectivity index (χ3n) is 3.38. The zero-order valence-electron chi connectivity index (χ0n) is 10.8. The van der Waals surface area contributed by atoms with Crippen molar-refractivity contribution in [2.24, 2.45) is 5.92 Å². The van der Waals surface area contributed by atoms with Crippen LogP contribution in [0.15, 0.2) is 18.2 Å². The van der Waals surface area contributed by atoms with Crippen LogP contribution in [-0.2, 0) is 0 Å². The van der Waals surface area contributed by atoms with Crippen molar-refractivity contribution < 1.29 is 9.47 Å². The van der Waals surface area contributed by atoms with E-state index in [-0.39, 0.29) is 0 Å². The number of benzene rings is 1. The maximum atomic E-state index is 5.39. The Hall–Kier alpha value is -1.38. The largest absolute Gasteiger partial charge is 0.497 e. The lowest BCUT2D eigenvalue weighted by Crippen LogP contribution is -2.20. The van der Waals surface area contributed by atoms with Crippen molar-refractivity contribution >= 4 is 5.69 Å². The monoisotopic (exact) mass is 235 g/mol. The minimum absolute atomic E-state index is 0.567. The number of hydrogen-bond acceptors (Lipinski definition) is 3. The van der Waals surface area contributed by atoms with Crippen LogP contribution in [0.5, 0.6) is 11.5 Å². The summed E-state index contributed by atoms with van der Waals surface area (Å²) in [5, 5.41) is 3.58. The number of ether oxygens (including phenoxy) is 2. The van der Waals surface area contributed by atoms with E-state index < -0.39 is 0 Å². The molecule has 0 aliphatic heterocycles. The predicted octanol–water partition coefficient (Wildman–Crippen LogP) is 3.30. The van der Waals surface area contributed by atoms with Gasteiger partial charge in [-0.2, -0.15) is 0 Å². The molecule has 0 bridgehead atoms. The second-order valence-electron chi connectivity index (χ2n) is 4.56. The van der Waals surface area contributed by atoms with E-state index in [0.717, 1.165) is 29.5 Å². The van der Waals surface area contributed by atoms with Crippen LogP contribution >= 0.6 is 0 Å². The van der Waals surface area contributed by atoms with Gasteiger partial charge in [-0.25, -0.2) is 0 Å². The summed E-state index contributed by atoms with van der Waals surface area (Å²) in [6, 6.07) is 6.48. The molecule has 0 aromatic heterocycles. The lowest BCUT2D eigenvalue weighted by atomic mass is 10.1. The molecule has 1 N–H and O–H groups in total. The molecule has 3 nitrogen and oxygen atoms in total. The first-order valence-corrected chi connectivity index (χ1v) is 6.27. The smallest absolute Gasteiger partial charge is 0.145 e. The first kappa shape index (κ1) is 12.1. The fourth-order valence-corrected chi connectivity index (χ4v) is 2.17. The summed E-state index contributed by atoms with van der Waals surface area (Å²) in [5.74, 6) is 2.52. The fourth-order valence-electron chi connectivity index (χ4n) is 2.17. The van der Waals surface area contributed by atoms with E-state index >= 15 is 0 Å². The van der Waals surface area contributed by atoms with Crippen molar-refractivity contribution in [3.63, 3.8) is 0 Å².